The molecule has 4 aromatic rings. The molecule has 0 bridgehead atoms. The molecule has 0 unspecified atom stereocenters. The third kappa shape index (κ3) is 3.72. The first-order chi connectivity index (χ1) is 14.6. The molecule has 150 valence electrons. The topological polar surface area (TPSA) is 123 Å². The van der Waals surface area contributed by atoms with Crippen LogP contribution in [0.25, 0.3) is 22.3 Å². The minimum atomic E-state index is -0.120. The Balaban J connectivity index is 1.68. The lowest BCUT2D eigenvalue weighted by atomic mass is 10.1. The number of hydrogen-bond donors (Lipinski definition) is 4. The number of benzene rings is 2. The van der Waals surface area contributed by atoms with Crippen LogP contribution in [0.3, 0.4) is 0 Å². The van der Waals surface area contributed by atoms with Crippen LogP contribution in [0.1, 0.15) is 21.7 Å². The second-order valence-corrected chi connectivity index (χ2v) is 7.61. The van der Waals surface area contributed by atoms with Gasteiger partial charge in [0.2, 0.25) is 0 Å². The summed E-state index contributed by atoms with van der Waals surface area (Å²) in [6.07, 6.45) is 1.66. The zero-order valence-electron chi connectivity index (χ0n) is 16.2. The summed E-state index contributed by atoms with van der Waals surface area (Å²) in [5.41, 5.74) is 15.9. The highest BCUT2D eigenvalue weighted by molar-refractivity contribution is 7.99. The Bertz CT molecular complexity index is 1250. The third-order valence-electron chi connectivity index (χ3n) is 4.61. The molecule has 2 aromatic heterocycles. The fourth-order valence-corrected chi connectivity index (χ4v) is 4.04. The number of hydrogen-bond acceptors (Lipinski definition) is 6. The maximum absolute atomic E-state index is 12.1. The van der Waals surface area contributed by atoms with Crippen LogP contribution in [0.2, 0.25) is 0 Å². The molecule has 0 spiro atoms. The largest absolute Gasteiger partial charge is 0.395 e. The Kier molecular flexibility index (Phi) is 5.40. The molecule has 0 aliphatic carbocycles. The van der Waals surface area contributed by atoms with E-state index in [9.17, 15) is 4.79 Å². The second kappa shape index (κ2) is 8.30. The lowest BCUT2D eigenvalue weighted by molar-refractivity contribution is 0.0960. The minimum absolute atomic E-state index is 0.120. The van der Waals surface area contributed by atoms with Crippen molar-refractivity contribution >= 4 is 40.0 Å². The molecule has 0 saturated heterocycles. The van der Waals surface area contributed by atoms with Crippen LogP contribution in [0, 0.1) is 0 Å². The first-order valence-corrected chi connectivity index (χ1v) is 10.0. The second-order valence-electron chi connectivity index (χ2n) is 6.50. The highest BCUT2D eigenvalue weighted by Crippen LogP contribution is 2.33. The number of carbonyl (C=O) groups is 1. The Morgan fingerprint density at radius 1 is 1.03 bits per heavy atom. The van der Waals surface area contributed by atoms with Gasteiger partial charge in [0.25, 0.3) is 5.91 Å². The van der Waals surface area contributed by atoms with Gasteiger partial charge in [0, 0.05) is 28.4 Å². The van der Waals surface area contributed by atoms with Crippen molar-refractivity contribution < 1.29 is 4.79 Å². The van der Waals surface area contributed by atoms with E-state index in [0.29, 0.717) is 28.3 Å². The summed E-state index contributed by atoms with van der Waals surface area (Å²) in [5.74, 6) is -0.120. The standard InChI is InChI=1S/C22H20N6OS/c1-25-22(29)15-6-2-3-8-18(15)30-13-9-10-14-17(12-13)27-28-21(14)20(24)19(23)16-7-4-5-11-26-16/h2-12H,23-24H2,1H3,(H,25,29)(H,27,28)/b20-19+. The van der Waals surface area contributed by atoms with Gasteiger partial charge in [-0.25, -0.2) is 0 Å². The molecule has 7 nitrogen and oxygen atoms in total. The van der Waals surface area contributed by atoms with Crippen molar-refractivity contribution in [1.29, 1.82) is 0 Å². The Labute approximate surface area is 177 Å². The molecule has 0 saturated carbocycles. The fraction of sp³-hybridized carbons (Fsp3) is 0.0455. The summed E-state index contributed by atoms with van der Waals surface area (Å²) in [6, 6.07) is 18.8. The van der Waals surface area contributed by atoms with Crippen molar-refractivity contribution in [3.8, 4) is 0 Å². The van der Waals surface area contributed by atoms with Gasteiger partial charge in [-0.15, -0.1) is 0 Å². The Hall–Kier alpha value is -3.78. The molecule has 30 heavy (non-hydrogen) atoms. The van der Waals surface area contributed by atoms with Crippen molar-refractivity contribution in [2.45, 2.75) is 9.79 Å². The minimum Gasteiger partial charge on any atom is -0.395 e. The van der Waals surface area contributed by atoms with Gasteiger partial charge in [0.05, 0.1) is 28.2 Å². The molecule has 0 radical (unpaired) electrons. The van der Waals surface area contributed by atoms with Crippen LogP contribution in [0.5, 0.6) is 0 Å². The highest BCUT2D eigenvalue weighted by Gasteiger charge is 2.15. The van der Waals surface area contributed by atoms with Gasteiger partial charge in [0.15, 0.2) is 0 Å². The number of amides is 1. The van der Waals surface area contributed by atoms with Crippen molar-refractivity contribution in [3.63, 3.8) is 0 Å². The molecule has 0 aliphatic rings. The molecular weight excluding hydrogens is 396 g/mol. The van der Waals surface area contributed by atoms with Gasteiger partial charge in [-0.2, -0.15) is 5.10 Å². The molecular formula is C22H20N6OS. The summed E-state index contributed by atoms with van der Waals surface area (Å²) in [6.45, 7) is 0. The van der Waals surface area contributed by atoms with Crippen LogP contribution in [-0.2, 0) is 0 Å². The monoisotopic (exact) mass is 416 g/mol. The predicted octanol–water partition coefficient (Wildman–Crippen LogP) is 3.21. The maximum atomic E-state index is 12.1. The smallest absolute Gasteiger partial charge is 0.252 e. The quantitative estimate of drug-likeness (QED) is 0.396. The van der Waals surface area contributed by atoms with Crippen LogP contribution in [0.4, 0.5) is 0 Å². The molecule has 8 heteroatoms. The van der Waals surface area contributed by atoms with E-state index in [2.05, 4.69) is 20.5 Å². The van der Waals surface area contributed by atoms with Crippen molar-refractivity contribution in [1.82, 2.24) is 20.5 Å². The zero-order chi connectivity index (χ0) is 21.1. The molecule has 1 amide bonds. The van der Waals surface area contributed by atoms with Gasteiger partial charge in [-0.1, -0.05) is 30.0 Å². The van der Waals surface area contributed by atoms with Crippen molar-refractivity contribution in [3.05, 3.63) is 83.8 Å². The lowest BCUT2D eigenvalue weighted by Gasteiger charge is -2.08. The highest BCUT2D eigenvalue weighted by atomic mass is 32.2. The van der Waals surface area contributed by atoms with E-state index >= 15 is 0 Å². The van der Waals surface area contributed by atoms with E-state index in [-0.39, 0.29) is 5.91 Å². The van der Waals surface area contributed by atoms with Crippen LogP contribution < -0.4 is 16.8 Å². The van der Waals surface area contributed by atoms with Crippen LogP contribution >= 0.6 is 11.8 Å². The number of rotatable bonds is 5. The Morgan fingerprint density at radius 2 is 1.83 bits per heavy atom. The van der Waals surface area contributed by atoms with E-state index < -0.39 is 0 Å². The number of nitrogens with zero attached hydrogens (tertiary/aromatic N) is 2. The molecule has 0 atom stereocenters. The summed E-state index contributed by atoms with van der Waals surface area (Å²) >= 11 is 1.51. The van der Waals surface area contributed by atoms with Crippen molar-refractivity contribution in [2.75, 3.05) is 7.05 Å². The average Bonchev–Trinajstić information content (AvgIpc) is 3.21. The number of carbonyl (C=O) groups excluding carboxylic acids is 1. The van der Waals surface area contributed by atoms with Crippen LogP contribution in [-0.4, -0.2) is 28.1 Å². The number of nitrogens with two attached hydrogens (primary N) is 2. The molecule has 0 fully saturated rings. The van der Waals surface area contributed by atoms with Crippen molar-refractivity contribution in [2.24, 2.45) is 11.5 Å². The number of aromatic amines is 1. The fourth-order valence-electron chi connectivity index (χ4n) is 3.06. The SMILES string of the molecule is CNC(=O)c1ccccc1Sc1ccc2c(/C(N)=C(\N)c3ccccn3)n[nH]c2c1. The molecule has 2 aromatic carbocycles. The zero-order valence-corrected chi connectivity index (χ0v) is 17.0. The molecule has 6 N–H and O–H groups in total. The van der Waals surface area contributed by atoms with E-state index in [4.69, 9.17) is 11.5 Å². The predicted molar refractivity (Wildman–Crippen MR) is 119 cm³/mol. The lowest BCUT2D eigenvalue weighted by Crippen LogP contribution is -2.18. The third-order valence-corrected chi connectivity index (χ3v) is 5.67. The maximum Gasteiger partial charge on any atom is 0.252 e. The molecule has 4 rings (SSSR count). The summed E-state index contributed by atoms with van der Waals surface area (Å²) in [7, 11) is 1.62. The van der Waals surface area contributed by atoms with E-state index in [1.807, 2.05) is 48.5 Å². The number of H-pyrrole nitrogens is 1. The molecule has 0 aliphatic heterocycles. The van der Waals surface area contributed by atoms with Gasteiger partial charge < -0.3 is 16.8 Å². The average molecular weight is 417 g/mol. The van der Waals surface area contributed by atoms with Gasteiger partial charge in [-0.3, -0.25) is 14.9 Å². The first-order valence-electron chi connectivity index (χ1n) is 9.22. The van der Waals surface area contributed by atoms with E-state index in [1.54, 1.807) is 25.4 Å². The molecule has 2 heterocycles. The number of nitrogens with one attached hydrogen (secondary N) is 2. The van der Waals surface area contributed by atoms with Gasteiger partial charge in [0.1, 0.15) is 5.69 Å². The summed E-state index contributed by atoms with van der Waals surface area (Å²) in [4.78, 5) is 18.2. The van der Waals surface area contributed by atoms with E-state index in [1.165, 1.54) is 11.8 Å². The van der Waals surface area contributed by atoms with Gasteiger partial charge >= 0.3 is 0 Å². The summed E-state index contributed by atoms with van der Waals surface area (Å²) < 4.78 is 0. The normalized spacial score (nSPS) is 11.9. The Morgan fingerprint density at radius 3 is 2.60 bits per heavy atom. The number of aromatic nitrogens is 3. The van der Waals surface area contributed by atoms with E-state index in [0.717, 1.165) is 20.7 Å². The number of fused-ring (bicyclic) bond motifs is 1. The van der Waals surface area contributed by atoms with Crippen LogP contribution in [0.15, 0.2) is 76.7 Å². The first kappa shape index (κ1) is 19.5. The van der Waals surface area contributed by atoms with Gasteiger partial charge in [-0.05, 0) is 42.5 Å². The number of pyridine rings is 1. The summed E-state index contributed by atoms with van der Waals surface area (Å²) in [5, 5.41) is 10.9.